The molecule has 4 nitrogen and oxygen atoms in total. The summed E-state index contributed by atoms with van der Waals surface area (Å²) in [6, 6.07) is 0. The third-order valence-electron chi connectivity index (χ3n) is 3.61. The molecule has 0 saturated carbocycles. The third kappa shape index (κ3) is 4.33. The molecule has 1 unspecified atom stereocenters. The zero-order valence-corrected chi connectivity index (χ0v) is 14.6. The highest BCUT2D eigenvalue weighted by molar-refractivity contribution is 7.53. The first-order valence-corrected chi connectivity index (χ1v) is 8.75. The summed E-state index contributed by atoms with van der Waals surface area (Å²) >= 11 is 0. The predicted molar refractivity (Wildman–Crippen MR) is 76.0 cm³/mol. The Morgan fingerprint density at radius 1 is 0.917 bits per heavy atom. The van der Waals surface area contributed by atoms with Gasteiger partial charge in [-0.15, -0.1) is 0 Å². The predicted octanol–water partition coefficient (Wildman–Crippen LogP) is 4.29. The van der Waals surface area contributed by atoms with Crippen molar-refractivity contribution in [2.75, 3.05) is 6.66 Å². The average Bonchev–Trinajstić information content (AvgIpc) is 2.40. The van der Waals surface area contributed by atoms with E-state index in [0.717, 1.165) is 6.66 Å². The number of rotatable bonds is 6. The number of hydrogen-bond acceptors (Lipinski definition) is 4. The molecule has 138 valence electrons. The van der Waals surface area contributed by atoms with Crippen LogP contribution in [0.5, 0.6) is 0 Å². The Balaban J connectivity index is 3.04. The van der Waals surface area contributed by atoms with E-state index in [-0.39, 0.29) is 0 Å². The van der Waals surface area contributed by atoms with Crippen molar-refractivity contribution in [2.24, 2.45) is 0 Å². The minimum Gasteiger partial charge on any atom is -0.387 e. The van der Waals surface area contributed by atoms with Gasteiger partial charge >= 0.3 is 7.60 Å². The Morgan fingerprint density at radius 2 is 1.29 bits per heavy atom. The van der Waals surface area contributed by atoms with Crippen LogP contribution in [0.3, 0.4) is 0 Å². The Hall–Kier alpha value is -1.02. The summed E-state index contributed by atoms with van der Waals surface area (Å²) in [4.78, 5) is 0. The van der Waals surface area contributed by atoms with Crippen LogP contribution in [0.1, 0.15) is 33.3 Å². The molecule has 0 fully saturated rings. The molecular weight excluding hydrogens is 358 g/mol. The fourth-order valence-electron chi connectivity index (χ4n) is 1.51. The monoisotopic (exact) mass is 376 g/mol. The molecule has 0 aliphatic heterocycles. The van der Waals surface area contributed by atoms with Crippen molar-refractivity contribution >= 4 is 7.60 Å². The maximum atomic E-state index is 13.5. The zero-order chi connectivity index (χ0) is 19.1. The maximum absolute atomic E-state index is 13.5. The SMILES string of the molecule is CC(C)(O)C(C)(C)OP(C)(=O)OCc1c(F)c(F)c(F)c(F)c1F. The van der Waals surface area contributed by atoms with Gasteiger partial charge in [0.2, 0.25) is 5.82 Å². The molecule has 10 heteroatoms. The van der Waals surface area contributed by atoms with E-state index >= 15 is 0 Å². The highest BCUT2D eigenvalue weighted by Gasteiger charge is 2.41. The Morgan fingerprint density at radius 3 is 1.67 bits per heavy atom. The van der Waals surface area contributed by atoms with Crippen molar-refractivity contribution in [1.82, 2.24) is 0 Å². The Kier molecular flexibility index (Phi) is 5.88. The van der Waals surface area contributed by atoms with Gasteiger partial charge in [0.25, 0.3) is 0 Å². The van der Waals surface area contributed by atoms with E-state index in [1.54, 1.807) is 0 Å². The van der Waals surface area contributed by atoms with E-state index in [1.165, 1.54) is 27.7 Å². The van der Waals surface area contributed by atoms with Gasteiger partial charge in [-0.05, 0) is 27.7 Å². The largest absolute Gasteiger partial charge is 0.387 e. The van der Waals surface area contributed by atoms with Gasteiger partial charge in [-0.2, -0.15) is 0 Å². The molecule has 1 rings (SSSR count). The second kappa shape index (κ2) is 6.71. The number of halogens is 5. The van der Waals surface area contributed by atoms with Crippen LogP contribution in [0.2, 0.25) is 0 Å². The summed E-state index contributed by atoms with van der Waals surface area (Å²) in [6.07, 6.45) is 0. The first kappa shape index (κ1) is 21.0. The molecule has 0 bridgehead atoms. The molecule has 0 amide bonds. The smallest absolute Gasteiger partial charge is 0.328 e. The summed E-state index contributed by atoms with van der Waals surface area (Å²) in [7, 11) is -3.99. The molecule has 0 spiro atoms. The molecular formula is C14H18F5O4P. The van der Waals surface area contributed by atoms with Gasteiger partial charge in [0.15, 0.2) is 23.3 Å². The van der Waals surface area contributed by atoms with Gasteiger partial charge in [-0.1, -0.05) is 0 Å². The van der Waals surface area contributed by atoms with Crippen LogP contribution in [-0.2, 0) is 20.2 Å². The average molecular weight is 376 g/mol. The van der Waals surface area contributed by atoms with Gasteiger partial charge in [0, 0.05) is 6.66 Å². The quantitative estimate of drug-likeness (QED) is 0.348. The van der Waals surface area contributed by atoms with Crippen LogP contribution in [0.25, 0.3) is 0 Å². The molecule has 1 atom stereocenters. The lowest BCUT2D eigenvalue weighted by molar-refractivity contribution is -0.0964. The fraction of sp³-hybridized carbons (Fsp3) is 0.571. The molecule has 0 radical (unpaired) electrons. The molecule has 1 aromatic carbocycles. The van der Waals surface area contributed by atoms with E-state index in [2.05, 4.69) is 0 Å². The summed E-state index contributed by atoms with van der Waals surface area (Å²) in [5, 5.41) is 9.92. The van der Waals surface area contributed by atoms with Gasteiger partial charge in [0.1, 0.15) is 5.60 Å². The van der Waals surface area contributed by atoms with E-state index < -0.39 is 60.1 Å². The normalized spacial score (nSPS) is 15.5. The Bertz CT molecular complexity index is 656. The van der Waals surface area contributed by atoms with Crippen LogP contribution in [0.4, 0.5) is 22.0 Å². The van der Waals surface area contributed by atoms with Crippen LogP contribution in [0, 0.1) is 29.1 Å². The molecule has 0 heterocycles. The molecule has 0 aliphatic carbocycles. The Labute approximate surface area is 136 Å². The van der Waals surface area contributed by atoms with E-state index in [1.807, 2.05) is 0 Å². The number of benzene rings is 1. The molecule has 0 aromatic heterocycles. The lowest BCUT2D eigenvalue weighted by Crippen LogP contribution is -2.46. The van der Waals surface area contributed by atoms with E-state index in [4.69, 9.17) is 9.05 Å². The summed E-state index contributed by atoms with van der Waals surface area (Å²) < 4.78 is 88.4. The van der Waals surface area contributed by atoms with Crippen molar-refractivity contribution in [3.8, 4) is 0 Å². The molecule has 0 saturated heterocycles. The minimum atomic E-state index is -3.99. The molecule has 0 aliphatic rings. The second-order valence-electron chi connectivity index (χ2n) is 6.25. The van der Waals surface area contributed by atoms with Crippen molar-refractivity contribution < 1.29 is 40.7 Å². The minimum absolute atomic E-state index is 0.951. The lowest BCUT2D eigenvalue weighted by Gasteiger charge is -2.38. The van der Waals surface area contributed by atoms with Crippen LogP contribution >= 0.6 is 7.60 Å². The molecule has 24 heavy (non-hydrogen) atoms. The van der Waals surface area contributed by atoms with Gasteiger partial charge in [-0.3, -0.25) is 9.09 Å². The molecule has 1 aromatic rings. The highest BCUT2D eigenvalue weighted by Crippen LogP contribution is 2.51. The fourth-order valence-corrected chi connectivity index (χ4v) is 2.98. The topological polar surface area (TPSA) is 55.8 Å². The first-order chi connectivity index (χ1) is 10.6. The van der Waals surface area contributed by atoms with Crippen molar-refractivity contribution in [1.29, 1.82) is 0 Å². The highest BCUT2D eigenvalue weighted by atomic mass is 31.2. The van der Waals surface area contributed by atoms with Crippen LogP contribution in [0.15, 0.2) is 0 Å². The molecule has 1 N–H and O–H groups in total. The third-order valence-corrected chi connectivity index (χ3v) is 5.00. The lowest BCUT2D eigenvalue weighted by atomic mass is 9.90. The zero-order valence-electron chi connectivity index (χ0n) is 13.7. The van der Waals surface area contributed by atoms with E-state index in [0.29, 0.717) is 0 Å². The number of aliphatic hydroxyl groups is 1. The number of hydrogen-bond donors (Lipinski definition) is 1. The second-order valence-corrected chi connectivity index (χ2v) is 8.24. The summed E-state index contributed by atoms with van der Waals surface area (Å²) in [5.41, 5.74) is -4.10. The first-order valence-electron chi connectivity index (χ1n) is 6.76. The van der Waals surface area contributed by atoms with Crippen molar-refractivity contribution in [3.63, 3.8) is 0 Å². The van der Waals surface area contributed by atoms with E-state index in [9.17, 15) is 31.6 Å². The van der Waals surface area contributed by atoms with Gasteiger partial charge in [0.05, 0.1) is 17.8 Å². The maximum Gasteiger partial charge on any atom is 0.328 e. The van der Waals surface area contributed by atoms with Gasteiger partial charge < -0.3 is 9.63 Å². The summed E-state index contributed by atoms with van der Waals surface area (Å²) in [5.74, 6) is -10.7. The van der Waals surface area contributed by atoms with Gasteiger partial charge in [-0.25, -0.2) is 22.0 Å². The van der Waals surface area contributed by atoms with Crippen LogP contribution < -0.4 is 0 Å². The summed E-state index contributed by atoms with van der Waals surface area (Å²) in [6.45, 7) is 5.32. The standard InChI is InChI=1S/C14H18F5O4P/c1-13(2,20)14(3,4)23-24(5,21)22-6-7-8(15)10(17)12(19)11(18)9(7)16/h20H,6H2,1-5H3. The van der Waals surface area contributed by atoms with Crippen molar-refractivity contribution in [3.05, 3.63) is 34.6 Å². The van der Waals surface area contributed by atoms with Crippen LogP contribution in [-0.4, -0.2) is 23.0 Å². The van der Waals surface area contributed by atoms with Crippen molar-refractivity contribution in [2.45, 2.75) is 45.5 Å².